The number of para-hydroxylation sites is 2. The van der Waals surface area contributed by atoms with E-state index in [-0.39, 0.29) is 0 Å². The first-order valence-electron chi connectivity index (χ1n) is 6.54. The van der Waals surface area contributed by atoms with Crippen LogP contribution in [0.2, 0.25) is 0 Å². The summed E-state index contributed by atoms with van der Waals surface area (Å²) < 4.78 is 0. The van der Waals surface area contributed by atoms with Gasteiger partial charge < -0.3 is 4.90 Å². The summed E-state index contributed by atoms with van der Waals surface area (Å²) in [7, 11) is 0. The number of fused-ring (bicyclic) bond motifs is 2. The highest BCUT2D eigenvalue weighted by molar-refractivity contribution is 7.99. The Labute approximate surface area is 124 Å². The Morgan fingerprint density at radius 2 is 1.53 bits per heavy atom. The SMILES string of the molecule is CC(CS)CN1c2ccccc2Sc2ccccc21. The van der Waals surface area contributed by atoms with Crippen LogP contribution in [0.5, 0.6) is 0 Å². The Hall–Kier alpha value is -1.06. The van der Waals surface area contributed by atoms with Crippen LogP contribution in [0.3, 0.4) is 0 Å². The van der Waals surface area contributed by atoms with Crippen molar-refractivity contribution in [1.29, 1.82) is 0 Å². The summed E-state index contributed by atoms with van der Waals surface area (Å²) in [6, 6.07) is 17.3. The normalized spacial score (nSPS) is 14.7. The lowest BCUT2D eigenvalue weighted by Crippen LogP contribution is -2.26. The predicted octanol–water partition coefficient (Wildman–Crippen LogP) is 4.86. The quantitative estimate of drug-likeness (QED) is 0.803. The third-order valence-electron chi connectivity index (χ3n) is 3.34. The van der Waals surface area contributed by atoms with Crippen molar-refractivity contribution >= 4 is 35.8 Å². The number of rotatable bonds is 3. The van der Waals surface area contributed by atoms with Crippen molar-refractivity contribution in [2.45, 2.75) is 16.7 Å². The van der Waals surface area contributed by atoms with Gasteiger partial charge in [-0.1, -0.05) is 43.0 Å². The summed E-state index contributed by atoms with van der Waals surface area (Å²) in [5.41, 5.74) is 2.64. The van der Waals surface area contributed by atoms with E-state index < -0.39 is 0 Å². The minimum Gasteiger partial charge on any atom is -0.339 e. The van der Waals surface area contributed by atoms with E-state index in [0.717, 1.165) is 12.3 Å². The first-order valence-corrected chi connectivity index (χ1v) is 7.99. The summed E-state index contributed by atoms with van der Waals surface area (Å²) in [6.07, 6.45) is 0. The molecular formula is C16H17NS2. The van der Waals surface area contributed by atoms with Gasteiger partial charge in [0.2, 0.25) is 0 Å². The van der Waals surface area contributed by atoms with E-state index in [9.17, 15) is 0 Å². The van der Waals surface area contributed by atoms with Crippen molar-refractivity contribution in [3.63, 3.8) is 0 Å². The molecule has 1 aliphatic heterocycles. The summed E-state index contributed by atoms with van der Waals surface area (Å²) in [4.78, 5) is 5.11. The molecule has 2 aromatic rings. The zero-order valence-electron chi connectivity index (χ0n) is 10.9. The Kier molecular flexibility index (Phi) is 3.76. The minimum atomic E-state index is 0.563. The van der Waals surface area contributed by atoms with E-state index in [1.165, 1.54) is 21.2 Å². The molecule has 0 N–H and O–H groups in total. The molecule has 19 heavy (non-hydrogen) atoms. The fourth-order valence-corrected chi connectivity index (χ4v) is 3.56. The van der Waals surface area contributed by atoms with Gasteiger partial charge in [-0.3, -0.25) is 0 Å². The van der Waals surface area contributed by atoms with Crippen LogP contribution >= 0.6 is 24.4 Å². The lowest BCUT2D eigenvalue weighted by atomic mass is 10.1. The molecule has 98 valence electrons. The summed E-state index contributed by atoms with van der Waals surface area (Å²) in [5.74, 6) is 1.47. The monoisotopic (exact) mass is 287 g/mol. The fraction of sp³-hybridized carbons (Fsp3) is 0.250. The fourth-order valence-electron chi connectivity index (χ4n) is 2.35. The van der Waals surface area contributed by atoms with Crippen molar-refractivity contribution < 1.29 is 0 Å². The number of nitrogens with zero attached hydrogens (tertiary/aromatic N) is 1. The third kappa shape index (κ3) is 2.49. The molecule has 1 aliphatic rings. The second-order valence-corrected chi connectivity index (χ2v) is 6.38. The molecule has 0 aliphatic carbocycles. The zero-order chi connectivity index (χ0) is 13.2. The van der Waals surface area contributed by atoms with Gasteiger partial charge >= 0.3 is 0 Å². The Bertz CT molecular complexity index is 537. The van der Waals surface area contributed by atoms with Gasteiger partial charge in [0.25, 0.3) is 0 Å². The highest BCUT2D eigenvalue weighted by Crippen LogP contribution is 2.47. The van der Waals surface area contributed by atoms with E-state index in [0.29, 0.717) is 5.92 Å². The molecule has 3 heteroatoms. The molecule has 0 saturated carbocycles. The highest BCUT2D eigenvalue weighted by Gasteiger charge is 2.23. The lowest BCUT2D eigenvalue weighted by molar-refractivity contribution is 0.659. The van der Waals surface area contributed by atoms with Crippen molar-refractivity contribution in [2.75, 3.05) is 17.2 Å². The number of thiol groups is 1. The largest absolute Gasteiger partial charge is 0.339 e. The third-order valence-corrected chi connectivity index (χ3v) is 5.09. The standard InChI is InChI=1S/C16H17NS2/c1-12(11-18)10-17-13-6-2-4-8-15(13)19-16-9-5-3-7-14(16)17/h2-9,12,18H,10-11H2,1H3. The Morgan fingerprint density at radius 1 is 1.00 bits per heavy atom. The van der Waals surface area contributed by atoms with Crippen LogP contribution in [-0.4, -0.2) is 12.3 Å². The van der Waals surface area contributed by atoms with E-state index in [1.807, 2.05) is 11.8 Å². The van der Waals surface area contributed by atoms with Crippen LogP contribution in [-0.2, 0) is 0 Å². The Balaban J connectivity index is 2.06. The number of hydrogen-bond acceptors (Lipinski definition) is 3. The smallest absolute Gasteiger partial charge is 0.0552 e. The molecule has 0 radical (unpaired) electrons. The molecular weight excluding hydrogens is 270 g/mol. The number of anilines is 2. The summed E-state index contributed by atoms with van der Waals surface area (Å²) >= 11 is 6.28. The van der Waals surface area contributed by atoms with Crippen LogP contribution < -0.4 is 4.90 Å². The van der Waals surface area contributed by atoms with Crippen molar-refractivity contribution in [3.05, 3.63) is 48.5 Å². The highest BCUT2D eigenvalue weighted by atomic mass is 32.2. The van der Waals surface area contributed by atoms with Crippen LogP contribution in [0.4, 0.5) is 11.4 Å². The number of benzene rings is 2. The summed E-state index contributed by atoms with van der Waals surface area (Å²) in [5, 5.41) is 0. The molecule has 0 bridgehead atoms. The Morgan fingerprint density at radius 3 is 2.05 bits per heavy atom. The van der Waals surface area contributed by atoms with E-state index in [1.54, 1.807) is 0 Å². The lowest BCUT2D eigenvalue weighted by Gasteiger charge is -2.34. The second kappa shape index (κ2) is 5.51. The van der Waals surface area contributed by atoms with Crippen LogP contribution in [0.15, 0.2) is 58.3 Å². The first kappa shape index (κ1) is 12.9. The molecule has 0 aromatic heterocycles. The molecule has 2 aromatic carbocycles. The average molecular weight is 287 g/mol. The molecule has 1 nitrogen and oxygen atoms in total. The zero-order valence-corrected chi connectivity index (χ0v) is 12.6. The van der Waals surface area contributed by atoms with Gasteiger partial charge in [0, 0.05) is 16.3 Å². The second-order valence-electron chi connectivity index (χ2n) is 4.94. The van der Waals surface area contributed by atoms with Crippen LogP contribution in [0.1, 0.15) is 6.92 Å². The number of hydrogen-bond donors (Lipinski definition) is 1. The summed E-state index contributed by atoms with van der Waals surface area (Å²) in [6.45, 7) is 3.26. The van der Waals surface area contributed by atoms with Gasteiger partial charge in [-0.2, -0.15) is 12.6 Å². The minimum absolute atomic E-state index is 0.563. The molecule has 1 heterocycles. The average Bonchev–Trinajstić information content (AvgIpc) is 2.46. The maximum atomic E-state index is 4.42. The van der Waals surface area contributed by atoms with Crippen molar-refractivity contribution in [2.24, 2.45) is 5.92 Å². The van der Waals surface area contributed by atoms with Gasteiger partial charge in [-0.05, 0) is 35.9 Å². The van der Waals surface area contributed by atoms with Gasteiger partial charge in [-0.25, -0.2) is 0 Å². The van der Waals surface area contributed by atoms with Crippen molar-refractivity contribution in [1.82, 2.24) is 0 Å². The topological polar surface area (TPSA) is 3.24 Å². The molecule has 0 spiro atoms. The molecule has 1 unspecified atom stereocenters. The van der Waals surface area contributed by atoms with Gasteiger partial charge in [0.15, 0.2) is 0 Å². The van der Waals surface area contributed by atoms with E-state index >= 15 is 0 Å². The van der Waals surface area contributed by atoms with Gasteiger partial charge in [-0.15, -0.1) is 0 Å². The molecule has 3 rings (SSSR count). The van der Waals surface area contributed by atoms with Crippen LogP contribution in [0, 0.1) is 5.92 Å². The maximum absolute atomic E-state index is 4.42. The van der Waals surface area contributed by atoms with Gasteiger partial charge in [0.05, 0.1) is 11.4 Å². The van der Waals surface area contributed by atoms with Crippen molar-refractivity contribution in [3.8, 4) is 0 Å². The first-order chi connectivity index (χ1) is 9.29. The predicted molar refractivity (Wildman–Crippen MR) is 87.0 cm³/mol. The van der Waals surface area contributed by atoms with E-state index in [2.05, 4.69) is 73.0 Å². The molecule has 0 amide bonds. The molecule has 1 atom stereocenters. The molecule has 0 fully saturated rings. The maximum Gasteiger partial charge on any atom is 0.0552 e. The molecule has 0 saturated heterocycles. The van der Waals surface area contributed by atoms with Crippen LogP contribution in [0.25, 0.3) is 0 Å². The van der Waals surface area contributed by atoms with E-state index in [4.69, 9.17) is 0 Å². The van der Waals surface area contributed by atoms with Gasteiger partial charge in [0.1, 0.15) is 0 Å².